The summed E-state index contributed by atoms with van der Waals surface area (Å²) in [6.07, 6.45) is 3.22. The number of carboxylic acid groups (broad SMARTS) is 1. The highest BCUT2D eigenvalue weighted by atomic mass is 31.2. The van der Waals surface area contributed by atoms with Crippen molar-refractivity contribution in [3.05, 3.63) is 35.9 Å². The predicted octanol–water partition coefficient (Wildman–Crippen LogP) is 2.84. The van der Waals surface area contributed by atoms with Crippen LogP contribution in [0.4, 0.5) is 4.79 Å². The fraction of sp³-hybridized carbons (Fsp3) is 0.556. The number of aryl methyl sites for hydroxylation is 1. The summed E-state index contributed by atoms with van der Waals surface area (Å²) < 4.78 is 12.4. The van der Waals surface area contributed by atoms with E-state index in [1.807, 2.05) is 30.3 Å². The molecule has 0 saturated carbocycles. The molecule has 0 aromatic heterocycles. The Labute approximate surface area is 154 Å². The summed E-state index contributed by atoms with van der Waals surface area (Å²) in [5, 5.41) is 9.17. The van der Waals surface area contributed by atoms with Gasteiger partial charge in [0.1, 0.15) is 6.04 Å². The normalized spacial score (nSPS) is 19.2. The minimum absolute atomic E-state index is 0.153. The molecule has 2 rings (SSSR count). The predicted molar refractivity (Wildman–Crippen MR) is 99.5 cm³/mol. The number of unbranched alkanes of at least 4 members (excludes halogenated alkanes) is 1. The van der Waals surface area contributed by atoms with Crippen LogP contribution in [0.1, 0.15) is 31.2 Å². The van der Waals surface area contributed by atoms with Crippen LogP contribution in [0.25, 0.3) is 0 Å². The SMILES string of the molecule is CN(CP(=O)(O)CCCCc1ccccc1)C(=O)N1CCC[C@H]1C(=O)O. The van der Waals surface area contributed by atoms with E-state index in [9.17, 15) is 19.0 Å². The number of hydrogen-bond donors (Lipinski definition) is 2. The van der Waals surface area contributed by atoms with Crippen molar-refractivity contribution in [1.82, 2.24) is 9.80 Å². The van der Waals surface area contributed by atoms with Gasteiger partial charge < -0.3 is 19.8 Å². The molecule has 0 spiro atoms. The molecule has 1 aromatic carbocycles. The standard InChI is InChI=1S/C18H27N2O5P/c1-19(18(23)20-12-7-11-16(20)17(21)22)14-26(24,25)13-6-5-10-15-8-3-2-4-9-15/h2-4,8-9,16H,5-7,10-14H2,1H3,(H,21,22)(H,24,25)/t16-/m0/s1. The van der Waals surface area contributed by atoms with Crippen LogP contribution in [-0.4, -0.2) is 63.9 Å². The average Bonchev–Trinajstić information content (AvgIpc) is 3.08. The highest BCUT2D eigenvalue weighted by molar-refractivity contribution is 7.57. The summed E-state index contributed by atoms with van der Waals surface area (Å²) in [7, 11) is -2.03. The van der Waals surface area contributed by atoms with Crippen LogP contribution >= 0.6 is 7.37 Å². The summed E-state index contributed by atoms with van der Waals surface area (Å²) >= 11 is 0. The lowest BCUT2D eigenvalue weighted by atomic mass is 10.1. The van der Waals surface area contributed by atoms with Crippen LogP contribution in [0.2, 0.25) is 0 Å². The van der Waals surface area contributed by atoms with Gasteiger partial charge in [-0.25, -0.2) is 9.59 Å². The Balaban J connectivity index is 1.79. The van der Waals surface area contributed by atoms with Gasteiger partial charge in [0.15, 0.2) is 0 Å². The molecule has 2 N–H and O–H groups in total. The third-order valence-corrected chi connectivity index (χ3v) is 6.49. The second-order valence-corrected chi connectivity index (χ2v) is 9.25. The first-order valence-electron chi connectivity index (χ1n) is 8.89. The molecule has 1 unspecified atom stereocenters. The molecule has 0 radical (unpaired) electrons. The third kappa shape index (κ3) is 5.85. The molecule has 1 fully saturated rings. The van der Waals surface area contributed by atoms with Crippen molar-refractivity contribution in [3.8, 4) is 0 Å². The van der Waals surface area contributed by atoms with E-state index in [0.29, 0.717) is 25.8 Å². The van der Waals surface area contributed by atoms with Gasteiger partial charge in [0.25, 0.3) is 0 Å². The van der Waals surface area contributed by atoms with Crippen molar-refractivity contribution in [1.29, 1.82) is 0 Å². The topological polar surface area (TPSA) is 98.2 Å². The van der Waals surface area contributed by atoms with Gasteiger partial charge in [-0.15, -0.1) is 0 Å². The Bertz CT molecular complexity index is 667. The van der Waals surface area contributed by atoms with Gasteiger partial charge in [0.05, 0.1) is 6.29 Å². The smallest absolute Gasteiger partial charge is 0.326 e. The average molecular weight is 382 g/mol. The van der Waals surface area contributed by atoms with Crippen LogP contribution in [0.3, 0.4) is 0 Å². The Hall–Kier alpha value is -1.85. The molecule has 1 aliphatic rings. The highest BCUT2D eigenvalue weighted by Gasteiger charge is 2.36. The summed E-state index contributed by atoms with van der Waals surface area (Å²) in [6.45, 7) is 0.368. The van der Waals surface area contributed by atoms with Crippen LogP contribution in [0, 0.1) is 0 Å². The largest absolute Gasteiger partial charge is 0.480 e. The number of benzene rings is 1. The first kappa shape index (κ1) is 20.5. The Morgan fingerprint density at radius 2 is 1.96 bits per heavy atom. The number of likely N-dealkylation sites (tertiary alicyclic amines) is 1. The van der Waals surface area contributed by atoms with Gasteiger partial charge in [-0.2, -0.15) is 0 Å². The lowest BCUT2D eigenvalue weighted by molar-refractivity contribution is -0.141. The molecule has 1 aliphatic heterocycles. The van der Waals surface area contributed by atoms with E-state index in [-0.39, 0.29) is 12.4 Å². The monoisotopic (exact) mass is 382 g/mol. The first-order chi connectivity index (χ1) is 12.3. The molecule has 26 heavy (non-hydrogen) atoms. The number of rotatable bonds is 8. The van der Waals surface area contributed by atoms with Crippen molar-refractivity contribution in [2.45, 2.75) is 38.1 Å². The molecular weight excluding hydrogens is 355 g/mol. The molecule has 1 saturated heterocycles. The van der Waals surface area contributed by atoms with Crippen LogP contribution in [-0.2, 0) is 15.8 Å². The molecule has 2 amide bonds. The minimum atomic E-state index is -3.48. The number of amides is 2. The number of aliphatic carboxylic acids is 1. The van der Waals surface area contributed by atoms with Crippen molar-refractivity contribution >= 4 is 19.4 Å². The molecule has 1 heterocycles. The first-order valence-corrected chi connectivity index (χ1v) is 10.9. The maximum atomic E-state index is 12.4. The lowest BCUT2D eigenvalue weighted by Crippen LogP contribution is -2.46. The Morgan fingerprint density at radius 1 is 1.27 bits per heavy atom. The van der Waals surface area contributed by atoms with Crippen LogP contribution in [0.15, 0.2) is 30.3 Å². The van der Waals surface area contributed by atoms with Gasteiger partial charge in [-0.1, -0.05) is 30.3 Å². The molecule has 0 aliphatic carbocycles. The number of urea groups is 1. The van der Waals surface area contributed by atoms with Crippen molar-refractivity contribution in [2.75, 3.05) is 26.0 Å². The maximum absolute atomic E-state index is 12.4. The number of nitrogens with zero attached hydrogens (tertiary/aromatic N) is 2. The zero-order valence-electron chi connectivity index (χ0n) is 15.1. The summed E-state index contributed by atoms with van der Waals surface area (Å²) in [5.74, 6) is -1.03. The van der Waals surface area contributed by atoms with Crippen molar-refractivity contribution in [3.63, 3.8) is 0 Å². The second kappa shape index (κ2) is 9.19. The molecule has 7 nitrogen and oxygen atoms in total. The molecular formula is C18H27N2O5P. The lowest BCUT2D eigenvalue weighted by Gasteiger charge is -2.28. The van der Waals surface area contributed by atoms with Gasteiger partial charge in [-0.05, 0) is 37.7 Å². The van der Waals surface area contributed by atoms with E-state index in [0.717, 1.165) is 12.8 Å². The van der Waals surface area contributed by atoms with Gasteiger partial charge in [0.2, 0.25) is 7.37 Å². The molecule has 0 bridgehead atoms. The molecule has 144 valence electrons. The summed E-state index contributed by atoms with van der Waals surface area (Å²) in [6, 6.07) is 8.61. The van der Waals surface area contributed by atoms with Gasteiger partial charge >= 0.3 is 12.0 Å². The van der Waals surface area contributed by atoms with Gasteiger partial charge in [0, 0.05) is 19.8 Å². The molecule has 2 atom stereocenters. The van der Waals surface area contributed by atoms with E-state index in [4.69, 9.17) is 5.11 Å². The zero-order valence-corrected chi connectivity index (χ0v) is 16.0. The fourth-order valence-corrected chi connectivity index (χ4v) is 4.91. The van der Waals surface area contributed by atoms with E-state index < -0.39 is 25.4 Å². The van der Waals surface area contributed by atoms with Crippen molar-refractivity contribution in [2.24, 2.45) is 0 Å². The van der Waals surface area contributed by atoms with E-state index >= 15 is 0 Å². The van der Waals surface area contributed by atoms with Crippen LogP contribution < -0.4 is 0 Å². The molecule has 1 aromatic rings. The number of carbonyl (C=O) groups excluding carboxylic acids is 1. The number of carbonyl (C=O) groups is 2. The van der Waals surface area contributed by atoms with Crippen LogP contribution in [0.5, 0.6) is 0 Å². The zero-order chi connectivity index (χ0) is 19.2. The van der Waals surface area contributed by atoms with Gasteiger partial charge in [-0.3, -0.25) is 4.57 Å². The van der Waals surface area contributed by atoms with Crippen molar-refractivity contribution < 1.29 is 24.2 Å². The van der Waals surface area contributed by atoms with E-state index in [1.54, 1.807) is 0 Å². The minimum Gasteiger partial charge on any atom is -0.480 e. The molecule has 8 heteroatoms. The quantitative estimate of drug-likeness (QED) is 0.532. The Kier molecular flexibility index (Phi) is 7.23. The summed E-state index contributed by atoms with van der Waals surface area (Å²) in [4.78, 5) is 36.2. The maximum Gasteiger partial charge on any atom is 0.326 e. The van der Waals surface area contributed by atoms with E-state index in [1.165, 1.54) is 22.4 Å². The third-order valence-electron chi connectivity index (χ3n) is 4.61. The van der Waals surface area contributed by atoms with E-state index in [2.05, 4.69) is 0 Å². The Morgan fingerprint density at radius 3 is 2.62 bits per heavy atom. The highest BCUT2D eigenvalue weighted by Crippen LogP contribution is 2.42. The second-order valence-electron chi connectivity index (χ2n) is 6.82. The number of hydrogen-bond acceptors (Lipinski definition) is 3. The number of carboxylic acids is 1. The summed E-state index contributed by atoms with van der Waals surface area (Å²) in [5.41, 5.74) is 1.20. The fourth-order valence-electron chi connectivity index (χ4n) is 3.27.